The molecular formula is C29H43N3O4. The van der Waals surface area contributed by atoms with Gasteiger partial charge in [-0.1, -0.05) is 26.8 Å². The van der Waals surface area contributed by atoms with Crippen LogP contribution in [0.2, 0.25) is 0 Å². The van der Waals surface area contributed by atoms with Crippen LogP contribution in [0.15, 0.2) is 23.3 Å². The Balaban J connectivity index is 1.45. The van der Waals surface area contributed by atoms with Gasteiger partial charge in [0, 0.05) is 11.1 Å². The molecule has 4 rings (SSSR count). The first-order chi connectivity index (χ1) is 16.9. The summed E-state index contributed by atoms with van der Waals surface area (Å²) in [6, 6.07) is 5.19. The lowest BCUT2D eigenvalue weighted by Gasteiger charge is -2.49. The number of hydrogen-bond acceptors (Lipinski definition) is 5. The van der Waals surface area contributed by atoms with Gasteiger partial charge in [-0.25, -0.2) is 10.2 Å². The van der Waals surface area contributed by atoms with Gasteiger partial charge in [-0.2, -0.15) is 5.10 Å². The summed E-state index contributed by atoms with van der Waals surface area (Å²) < 4.78 is 5.37. The first kappa shape index (κ1) is 26.5. The molecule has 1 aromatic carbocycles. The maximum Gasteiger partial charge on any atom is 0.408 e. The fraction of sp³-hybridized carbons (Fsp3) is 0.690. The van der Waals surface area contributed by atoms with E-state index in [9.17, 15) is 14.7 Å². The number of carbonyl (C=O) groups excluding carboxylic acids is 2. The van der Waals surface area contributed by atoms with Crippen LogP contribution in [0, 0.1) is 23.2 Å². The van der Waals surface area contributed by atoms with Crippen LogP contribution in [0.5, 0.6) is 5.75 Å². The number of ether oxygens (including phenoxy) is 1. The van der Waals surface area contributed by atoms with E-state index in [0.29, 0.717) is 29.9 Å². The number of fused-ring (bicyclic) bond motifs is 5. The molecule has 0 radical (unpaired) electrons. The van der Waals surface area contributed by atoms with E-state index in [0.717, 1.165) is 44.2 Å². The summed E-state index contributed by atoms with van der Waals surface area (Å²) in [5.74, 6) is 1.97. The first-order valence-electron chi connectivity index (χ1n) is 13.6. The lowest BCUT2D eigenvalue weighted by molar-refractivity contribution is -0.123. The smallest absolute Gasteiger partial charge is 0.408 e. The van der Waals surface area contributed by atoms with Crippen LogP contribution in [0.4, 0.5) is 4.79 Å². The number of phenols is 1. The molecule has 3 N–H and O–H groups in total. The average Bonchev–Trinajstić information content (AvgIpc) is 3.11. The summed E-state index contributed by atoms with van der Waals surface area (Å²) in [5, 5.41) is 17.3. The monoisotopic (exact) mass is 497 g/mol. The molecule has 0 heterocycles. The van der Waals surface area contributed by atoms with E-state index in [4.69, 9.17) is 4.74 Å². The molecule has 7 nitrogen and oxygen atoms in total. The summed E-state index contributed by atoms with van der Waals surface area (Å²) in [5.41, 5.74) is 5.94. The Hall–Kier alpha value is -2.57. The lowest BCUT2D eigenvalue weighted by atomic mass is 9.55. The number of alkyl carbamates (subject to hydrolysis) is 1. The highest BCUT2D eigenvalue weighted by molar-refractivity contribution is 5.94. The Morgan fingerprint density at radius 1 is 1.19 bits per heavy atom. The summed E-state index contributed by atoms with van der Waals surface area (Å²) in [4.78, 5) is 25.4. The number of aromatic hydroxyl groups is 1. The topological polar surface area (TPSA) is 100 Å². The third-order valence-electron chi connectivity index (χ3n) is 8.47. The highest BCUT2D eigenvalue weighted by atomic mass is 16.6. The second-order valence-electron chi connectivity index (χ2n) is 12.7. The summed E-state index contributed by atoms with van der Waals surface area (Å²) in [7, 11) is 0. The normalized spacial score (nSPS) is 29.2. The second-order valence-corrected chi connectivity index (χ2v) is 12.7. The molecule has 0 saturated heterocycles. The molecular weight excluding hydrogens is 454 g/mol. The molecule has 0 aliphatic heterocycles. The van der Waals surface area contributed by atoms with Crippen molar-refractivity contribution in [1.82, 2.24) is 10.7 Å². The number of rotatable bonds is 5. The second kappa shape index (κ2) is 10.1. The summed E-state index contributed by atoms with van der Waals surface area (Å²) in [6.45, 7) is 11.8. The maximum absolute atomic E-state index is 13.1. The molecule has 2 saturated carbocycles. The molecule has 0 spiro atoms. The van der Waals surface area contributed by atoms with Crippen LogP contribution in [0.3, 0.4) is 0 Å². The number of hydrazone groups is 1. The number of carbonyl (C=O) groups is 2. The van der Waals surface area contributed by atoms with Crippen LogP contribution in [0.1, 0.15) is 97.1 Å². The molecule has 0 aromatic heterocycles. The van der Waals surface area contributed by atoms with Crippen LogP contribution >= 0.6 is 0 Å². The van der Waals surface area contributed by atoms with Gasteiger partial charge in [-0.15, -0.1) is 0 Å². The minimum atomic E-state index is -0.698. The van der Waals surface area contributed by atoms with E-state index >= 15 is 0 Å². The van der Waals surface area contributed by atoms with Gasteiger partial charge in [0.15, 0.2) is 0 Å². The lowest BCUT2D eigenvalue weighted by Crippen LogP contribution is -2.48. The van der Waals surface area contributed by atoms with E-state index in [1.165, 1.54) is 11.1 Å². The van der Waals surface area contributed by atoms with Gasteiger partial charge in [0.25, 0.3) is 5.91 Å². The Bertz CT molecular complexity index is 1030. The molecule has 2 amide bonds. The van der Waals surface area contributed by atoms with Crippen molar-refractivity contribution in [3.63, 3.8) is 0 Å². The van der Waals surface area contributed by atoms with Gasteiger partial charge in [0.1, 0.15) is 17.4 Å². The van der Waals surface area contributed by atoms with E-state index in [2.05, 4.69) is 28.8 Å². The molecule has 0 unspecified atom stereocenters. The number of nitrogens with one attached hydrogen (secondary N) is 2. The van der Waals surface area contributed by atoms with Crippen LogP contribution in [0.25, 0.3) is 0 Å². The zero-order chi connectivity index (χ0) is 26.3. The summed E-state index contributed by atoms with van der Waals surface area (Å²) >= 11 is 0. The van der Waals surface area contributed by atoms with Gasteiger partial charge in [-0.05, 0) is 113 Å². The Morgan fingerprint density at radius 2 is 1.94 bits per heavy atom. The van der Waals surface area contributed by atoms with E-state index < -0.39 is 17.7 Å². The van der Waals surface area contributed by atoms with E-state index in [-0.39, 0.29) is 17.2 Å². The average molecular weight is 498 g/mol. The van der Waals surface area contributed by atoms with E-state index in [1.54, 1.807) is 20.8 Å². The van der Waals surface area contributed by atoms with Crippen molar-refractivity contribution in [2.45, 2.75) is 104 Å². The molecule has 2 fully saturated rings. The Labute approximate surface area is 215 Å². The number of hydrogen-bond donors (Lipinski definition) is 3. The predicted molar refractivity (Wildman–Crippen MR) is 141 cm³/mol. The molecule has 0 bridgehead atoms. The van der Waals surface area contributed by atoms with Gasteiger partial charge < -0.3 is 15.2 Å². The molecule has 3 aliphatic carbocycles. The minimum absolute atomic E-state index is 0.0188. The Kier molecular flexibility index (Phi) is 7.40. The van der Waals surface area contributed by atoms with Crippen molar-refractivity contribution >= 4 is 17.7 Å². The quantitative estimate of drug-likeness (QED) is 0.457. The highest BCUT2D eigenvalue weighted by Gasteiger charge is 2.53. The number of nitrogens with zero attached hydrogens (tertiary/aromatic N) is 1. The SMILES string of the molecule is CC(C)C[C@H](NC(=O)OC(C)(C)C)C(=O)N/N=C1/CC[C@H]2[C@@H]3CCc4cc(O)ccc4[C@H]3CC[C@]12C. The predicted octanol–water partition coefficient (Wildman–Crippen LogP) is 5.66. The van der Waals surface area contributed by atoms with Crippen LogP contribution in [-0.2, 0) is 16.0 Å². The first-order valence-corrected chi connectivity index (χ1v) is 13.6. The zero-order valence-corrected chi connectivity index (χ0v) is 22.7. The van der Waals surface area contributed by atoms with Gasteiger partial charge in [-0.3, -0.25) is 4.79 Å². The fourth-order valence-electron chi connectivity index (χ4n) is 6.89. The number of aryl methyl sites for hydroxylation is 1. The Morgan fingerprint density at radius 3 is 2.64 bits per heavy atom. The number of benzene rings is 1. The van der Waals surface area contributed by atoms with E-state index in [1.807, 2.05) is 26.0 Å². The van der Waals surface area contributed by atoms with Crippen LogP contribution in [-0.4, -0.2) is 34.5 Å². The van der Waals surface area contributed by atoms with Gasteiger partial charge >= 0.3 is 6.09 Å². The zero-order valence-electron chi connectivity index (χ0n) is 22.7. The fourth-order valence-corrected chi connectivity index (χ4v) is 6.89. The van der Waals surface area contributed by atoms with Crippen LogP contribution < -0.4 is 10.7 Å². The minimum Gasteiger partial charge on any atom is -0.508 e. The van der Waals surface area contributed by atoms with Gasteiger partial charge in [0.2, 0.25) is 0 Å². The van der Waals surface area contributed by atoms with Crippen molar-refractivity contribution in [2.24, 2.45) is 28.3 Å². The van der Waals surface area contributed by atoms with Crippen molar-refractivity contribution in [2.75, 3.05) is 0 Å². The number of amides is 2. The summed E-state index contributed by atoms with van der Waals surface area (Å²) in [6.07, 6.45) is 6.18. The number of phenolic OH excluding ortho intramolecular Hbond substituents is 1. The highest BCUT2D eigenvalue weighted by Crippen LogP contribution is 2.59. The van der Waals surface area contributed by atoms with Crippen molar-refractivity contribution < 1.29 is 19.4 Å². The third-order valence-corrected chi connectivity index (χ3v) is 8.47. The third kappa shape index (κ3) is 5.55. The van der Waals surface area contributed by atoms with Gasteiger partial charge in [0.05, 0.1) is 0 Å². The molecule has 198 valence electrons. The van der Waals surface area contributed by atoms with Crippen molar-refractivity contribution in [1.29, 1.82) is 0 Å². The van der Waals surface area contributed by atoms with Crippen molar-refractivity contribution in [3.8, 4) is 5.75 Å². The molecule has 36 heavy (non-hydrogen) atoms. The standard InChI is InChI=1S/C29H43N3O4/c1-17(2)15-24(30-27(35)36-28(3,4)5)26(34)32-31-25-12-11-23-22-9-7-18-16-19(33)8-10-20(18)21(22)13-14-29(23,25)6/h8,10,16-17,21-24,33H,7,9,11-15H2,1-6H3,(H,30,35)(H,32,34)/b31-25-/t21-,22-,23+,24+,29+/m1/s1. The molecule has 3 aliphatic rings. The molecule has 5 atom stereocenters. The molecule has 7 heteroatoms. The maximum atomic E-state index is 13.1. The largest absolute Gasteiger partial charge is 0.508 e. The molecule has 1 aromatic rings. The van der Waals surface area contributed by atoms with Crippen molar-refractivity contribution in [3.05, 3.63) is 29.3 Å².